The average molecular weight is 260 g/mol. The summed E-state index contributed by atoms with van der Waals surface area (Å²) in [6, 6.07) is 7.70. The summed E-state index contributed by atoms with van der Waals surface area (Å²) in [6.45, 7) is 4.99. The number of hydrogen-bond donors (Lipinski definition) is 1. The molecule has 0 aliphatic carbocycles. The van der Waals surface area contributed by atoms with Gasteiger partial charge in [-0.05, 0) is 19.2 Å². The van der Waals surface area contributed by atoms with E-state index < -0.39 is 6.29 Å². The van der Waals surface area contributed by atoms with E-state index in [0.29, 0.717) is 13.2 Å². The molecule has 1 aromatic heterocycles. The van der Waals surface area contributed by atoms with Gasteiger partial charge in [-0.1, -0.05) is 24.3 Å². The van der Waals surface area contributed by atoms with Gasteiger partial charge in [-0.3, -0.25) is 4.98 Å². The normalized spacial score (nSPS) is 13.1. The number of hydrogen-bond acceptors (Lipinski definition) is 4. The molecule has 0 amide bonds. The maximum absolute atomic E-state index is 6.29. The van der Waals surface area contributed by atoms with Crippen LogP contribution < -0.4 is 5.73 Å². The molecule has 0 aliphatic heterocycles. The molecule has 2 rings (SSSR count). The summed E-state index contributed by atoms with van der Waals surface area (Å²) in [4.78, 5) is 4.25. The van der Waals surface area contributed by atoms with Gasteiger partial charge in [-0.2, -0.15) is 0 Å². The molecule has 1 aromatic carbocycles. The fourth-order valence-electron chi connectivity index (χ4n) is 2.14. The van der Waals surface area contributed by atoms with E-state index in [1.165, 1.54) is 0 Å². The highest BCUT2D eigenvalue weighted by molar-refractivity contribution is 5.85. The second-order valence-corrected chi connectivity index (χ2v) is 4.25. The molecule has 1 atom stereocenters. The highest BCUT2D eigenvalue weighted by Crippen LogP contribution is 2.25. The second kappa shape index (κ2) is 6.61. The first kappa shape index (κ1) is 13.9. The molecular weight excluding hydrogens is 240 g/mol. The highest BCUT2D eigenvalue weighted by atomic mass is 16.7. The van der Waals surface area contributed by atoms with Crippen molar-refractivity contribution in [2.75, 3.05) is 13.2 Å². The van der Waals surface area contributed by atoms with Crippen molar-refractivity contribution >= 4 is 10.8 Å². The molecule has 0 saturated carbocycles. The van der Waals surface area contributed by atoms with E-state index in [4.69, 9.17) is 15.2 Å². The van der Waals surface area contributed by atoms with Gasteiger partial charge in [0, 0.05) is 36.6 Å². The van der Waals surface area contributed by atoms with Crippen molar-refractivity contribution in [1.82, 2.24) is 4.98 Å². The van der Waals surface area contributed by atoms with Crippen LogP contribution in [0.4, 0.5) is 0 Å². The summed E-state index contributed by atoms with van der Waals surface area (Å²) < 4.78 is 11.1. The van der Waals surface area contributed by atoms with Crippen molar-refractivity contribution < 1.29 is 9.47 Å². The van der Waals surface area contributed by atoms with Gasteiger partial charge in [0.1, 0.15) is 0 Å². The monoisotopic (exact) mass is 260 g/mol. The topological polar surface area (TPSA) is 57.4 Å². The Morgan fingerprint density at radius 1 is 1.11 bits per heavy atom. The Kier molecular flexibility index (Phi) is 4.85. The van der Waals surface area contributed by atoms with E-state index in [1.807, 2.05) is 44.3 Å². The molecule has 0 aliphatic rings. The third kappa shape index (κ3) is 3.10. The second-order valence-electron chi connectivity index (χ2n) is 4.25. The van der Waals surface area contributed by atoms with Crippen molar-refractivity contribution in [2.45, 2.75) is 26.2 Å². The zero-order chi connectivity index (χ0) is 13.7. The van der Waals surface area contributed by atoms with E-state index in [1.54, 1.807) is 6.20 Å². The molecule has 0 saturated heterocycles. The lowest BCUT2D eigenvalue weighted by atomic mass is 10.0. The standard InChI is InChI=1S/C15H20N2O2/c1-3-18-15(19-4-2)14(16)13-10-17-9-11-7-5-6-8-12(11)13/h5-10,14-15H,3-4,16H2,1-2H3. The van der Waals surface area contributed by atoms with Crippen LogP contribution in [0.1, 0.15) is 25.5 Å². The lowest BCUT2D eigenvalue weighted by molar-refractivity contribution is -0.149. The molecule has 1 unspecified atom stereocenters. The van der Waals surface area contributed by atoms with Crippen molar-refractivity contribution in [3.63, 3.8) is 0 Å². The van der Waals surface area contributed by atoms with Crippen molar-refractivity contribution in [3.8, 4) is 0 Å². The Labute approximate surface area is 113 Å². The van der Waals surface area contributed by atoms with E-state index in [2.05, 4.69) is 4.98 Å². The Bertz CT molecular complexity index is 519. The molecule has 0 spiro atoms. The minimum atomic E-state index is -0.442. The van der Waals surface area contributed by atoms with Gasteiger partial charge in [0.05, 0.1) is 6.04 Å². The van der Waals surface area contributed by atoms with Crippen LogP contribution in [-0.2, 0) is 9.47 Å². The van der Waals surface area contributed by atoms with Crippen molar-refractivity contribution in [3.05, 3.63) is 42.2 Å². The van der Waals surface area contributed by atoms with Gasteiger partial charge >= 0.3 is 0 Å². The van der Waals surface area contributed by atoms with Crippen LogP contribution in [0, 0.1) is 0 Å². The van der Waals surface area contributed by atoms with Crippen LogP contribution in [0.5, 0.6) is 0 Å². The van der Waals surface area contributed by atoms with Gasteiger partial charge in [-0.25, -0.2) is 0 Å². The number of fused-ring (bicyclic) bond motifs is 1. The molecule has 0 radical (unpaired) electrons. The summed E-state index contributed by atoms with van der Waals surface area (Å²) >= 11 is 0. The third-order valence-electron chi connectivity index (χ3n) is 3.01. The first-order chi connectivity index (χ1) is 9.27. The third-order valence-corrected chi connectivity index (χ3v) is 3.01. The maximum Gasteiger partial charge on any atom is 0.176 e. The summed E-state index contributed by atoms with van der Waals surface area (Å²) in [5.74, 6) is 0. The van der Waals surface area contributed by atoms with Gasteiger partial charge in [-0.15, -0.1) is 0 Å². The van der Waals surface area contributed by atoms with Crippen molar-refractivity contribution in [2.24, 2.45) is 5.73 Å². The number of nitrogens with zero attached hydrogens (tertiary/aromatic N) is 1. The zero-order valence-corrected chi connectivity index (χ0v) is 11.4. The molecule has 4 heteroatoms. The fraction of sp³-hybridized carbons (Fsp3) is 0.400. The number of rotatable bonds is 6. The molecule has 1 heterocycles. The van der Waals surface area contributed by atoms with Gasteiger partial charge in [0.2, 0.25) is 0 Å². The van der Waals surface area contributed by atoms with Crippen LogP contribution in [0.25, 0.3) is 10.8 Å². The summed E-state index contributed by atoms with van der Waals surface area (Å²) in [5.41, 5.74) is 7.24. The van der Waals surface area contributed by atoms with Crippen LogP contribution in [0.15, 0.2) is 36.7 Å². The Balaban J connectivity index is 2.36. The predicted molar refractivity (Wildman–Crippen MR) is 75.7 cm³/mol. The Morgan fingerprint density at radius 2 is 1.79 bits per heavy atom. The highest BCUT2D eigenvalue weighted by Gasteiger charge is 2.22. The van der Waals surface area contributed by atoms with Crippen LogP contribution in [0.3, 0.4) is 0 Å². The average Bonchev–Trinajstić information content (AvgIpc) is 2.46. The molecule has 4 nitrogen and oxygen atoms in total. The van der Waals surface area contributed by atoms with Gasteiger partial charge < -0.3 is 15.2 Å². The van der Waals surface area contributed by atoms with Crippen LogP contribution in [-0.4, -0.2) is 24.5 Å². The minimum Gasteiger partial charge on any atom is -0.351 e. The van der Waals surface area contributed by atoms with Crippen molar-refractivity contribution in [1.29, 1.82) is 0 Å². The first-order valence-corrected chi connectivity index (χ1v) is 6.59. The van der Waals surface area contributed by atoms with Crippen LogP contribution >= 0.6 is 0 Å². The van der Waals surface area contributed by atoms with Gasteiger partial charge in [0.25, 0.3) is 0 Å². The number of ether oxygens (including phenoxy) is 2. The largest absolute Gasteiger partial charge is 0.351 e. The fourth-order valence-corrected chi connectivity index (χ4v) is 2.14. The Hall–Kier alpha value is -1.49. The number of aromatic nitrogens is 1. The lowest BCUT2D eigenvalue weighted by Crippen LogP contribution is -2.32. The van der Waals surface area contributed by atoms with E-state index in [0.717, 1.165) is 16.3 Å². The number of benzene rings is 1. The molecule has 0 bridgehead atoms. The quantitative estimate of drug-likeness (QED) is 0.811. The first-order valence-electron chi connectivity index (χ1n) is 6.59. The summed E-state index contributed by atoms with van der Waals surface area (Å²) in [6.07, 6.45) is 3.18. The van der Waals surface area contributed by atoms with E-state index in [9.17, 15) is 0 Å². The SMILES string of the molecule is CCOC(OCC)C(N)c1cncc2ccccc12. The number of nitrogens with two attached hydrogens (primary N) is 1. The van der Waals surface area contributed by atoms with Crippen LogP contribution in [0.2, 0.25) is 0 Å². The molecule has 2 N–H and O–H groups in total. The van der Waals surface area contributed by atoms with E-state index >= 15 is 0 Å². The lowest BCUT2D eigenvalue weighted by Gasteiger charge is -2.24. The molecule has 102 valence electrons. The summed E-state index contributed by atoms with van der Waals surface area (Å²) in [7, 11) is 0. The zero-order valence-electron chi connectivity index (χ0n) is 11.4. The molecule has 0 fully saturated rings. The smallest absolute Gasteiger partial charge is 0.176 e. The predicted octanol–water partition coefficient (Wildman–Crippen LogP) is 2.63. The molecular formula is C15H20N2O2. The summed E-state index contributed by atoms with van der Waals surface area (Å²) in [5, 5.41) is 2.16. The number of pyridine rings is 1. The Morgan fingerprint density at radius 3 is 2.47 bits per heavy atom. The van der Waals surface area contributed by atoms with Gasteiger partial charge in [0.15, 0.2) is 6.29 Å². The molecule has 19 heavy (non-hydrogen) atoms. The molecule has 2 aromatic rings. The van der Waals surface area contributed by atoms with E-state index in [-0.39, 0.29) is 6.04 Å². The maximum atomic E-state index is 6.29. The minimum absolute atomic E-state index is 0.349.